The highest BCUT2D eigenvalue weighted by Gasteiger charge is 2.32. The molecular formula is C19H22N4O2. The van der Waals surface area contributed by atoms with Crippen LogP contribution in [0.3, 0.4) is 0 Å². The number of ether oxygens (including phenoxy) is 1. The highest BCUT2D eigenvalue weighted by molar-refractivity contribution is 5.80. The molecule has 6 nitrogen and oxygen atoms in total. The van der Waals surface area contributed by atoms with Gasteiger partial charge in [0.25, 0.3) is 0 Å². The molecule has 1 saturated heterocycles. The minimum atomic E-state index is 0.0105. The van der Waals surface area contributed by atoms with Crippen molar-refractivity contribution in [3.05, 3.63) is 54.0 Å². The van der Waals surface area contributed by atoms with E-state index in [0.29, 0.717) is 13.2 Å². The first-order valence-corrected chi connectivity index (χ1v) is 8.77. The number of hydrogen-bond donors (Lipinski definition) is 2. The Bertz CT molecular complexity index is 712. The number of aromatic nitrogens is 2. The Morgan fingerprint density at radius 1 is 1.12 bits per heavy atom. The third-order valence-electron chi connectivity index (χ3n) is 5.02. The molecule has 2 heterocycles. The molecular weight excluding hydrogens is 316 g/mol. The van der Waals surface area contributed by atoms with Gasteiger partial charge in [0.15, 0.2) is 0 Å². The first kappa shape index (κ1) is 16.0. The van der Waals surface area contributed by atoms with Crippen molar-refractivity contribution in [2.24, 2.45) is 5.92 Å². The van der Waals surface area contributed by atoms with Crippen LogP contribution in [0.1, 0.15) is 17.5 Å². The monoisotopic (exact) mass is 338 g/mol. The third kappa shape index (κ3) is 3.64. The zero-order valence-corrected chi connectivity index (χ0v) is 14.0. The van der Waals surface area contributed by atoms with Gasteiger partial charge in [0.2, 0.25) is 5.91 Å². The highest BCUT2D eigenvalue weighted by atomic mass is 16.5. The number of nitrogens with one attached hydrogen (secondary N) is 2. The van der Waals surface area contributed by atoms with Crippen LogP contribution in [0.15, 0.2) is 42.9 Å². The van der Waals surface area contributed by atoms with Gasteiger partial charge in [0.05, 0.1) is 18.7 Å². The van der Waals surface area contributed by atoms with Gasteiger partial charge >= 0.3 is 0 Å². The van der Waals surface area contributed by atoms with E-state index in [2.05, 4.69) is 32.7 Å². The predicted octanol–water partition coefficient (Wildman–Crippen LogP) is 1.58. The van der Waals surface area contributed by atoms with Crippen LogP contribution < -0.4 is 10.6 Å². The summed E-state index contributed by atoms with van der Waals surface area (Å²) in [5.74, 6) is 0.913. The molecule has 1 aliphatic carbocycles. The van der Waals surface area contributed by atoms with Crippen molar-refractivity contribution in [1.29, 1.82) is 0 Å². The Morgan fingerprint density at radius 2 is 1.92 bits per heavy atom. The highest BCUT2D eigenvalue weighted by Crippen LogP contribution is 2.27. The maximum atomic E-state index is 12.8. The standard InChI is InChI=1S/C19H22N4O2/c24-19(15-9-13-3-1-2-4-14(13)10-15)23-16-6-8-25-11-17(16)22-18-5-7-20-12-21-18/h1-5,7,12,15-17H,6,8-11H2,(H,23,24)(H,20,21,22)/t16-,17+/m0/s1. The SMILES string of the molecule is O=C(N[C@H]1CCOC[C@H]1Nc1ccncn1)C1Cc2ccccc2C1. The number of fused-ring (bicyclic) bond motifs is 1. The van der Waals surface area contributed by atoms with Crippen molar-refractivity contribution in [3.8, 4) is 0 Å². The number of rotatable bonds is 4. The summed E-state index contributed by atoms with van der Waals surface area (Å²) in [6.45, 7) is 1.22. The van der Waals surface area contributed by atoms with Gasteiger partial charge in [-0.05, 0) is 36.5 Å². The Labute approximate surface area is 147 Å². The van der Waals surface area contributed by atoms with Gasteiger partial charge in [-0.1, -0.05) is 24.3 Å². The van der Waals surface area contributed by atoms with Crippen LogP contribution in [0.4, 0.5) is 5.82 Å². The summed E-state index contributed by atoms with van der Waals surface area (Å²) in [4.78, 5) is 20.9. The average Bonchev–Trinajstić information content (AvgIpc) is 3.09. The zero-order chi connectivity index (χ0) is 17.1. The van der Waals surface area contributed by atoms with Crippen molar-refractivity contribution in [3.63, 3.8) is 0 Å². The molecule has 1 aromatic heterocycles. The molecule has 25 heavy (non-hydrogen) atoms. The normalized spacial score (nSPS) is 23.0. The molecule has 0 saturated carbocycles. The first-order valence-electron chi connectivity index (χ1n) is 8.77. The smallest absolute Gasteiger partial charge is 0.224 e. The van der Waals surface area contributed by atoms with Gasteiger partial charge < -0.3 is 15.4 Å². The number of nitrogens with zero attached hydrogens (tertiary/aromatic N) is 2. The molecule has 4 rings (SSSR count). The van der Waals surface area contributed by atoms with Crippen LogP contribution in [-0.4, -0.2) is 41.2 Å². The number of hydrogen-bond acceptors (Lipinski definition) is 5. The van der Waals surface area contributed by atoms with Crippen molar-refractivity contribution in [2.75, 3.05) is 18.5 Å². The molecule has 6 heteroatoms. The zero-order valence-electron chi connectivity index (χ0n) is 14.0. The molecule has 2 aromatic rings. The Kier molecular flexibility index (Phi) is 4.61. The lowest BCUT2D eigenvalue weighted by atomic mass is 10.00. The summed E-state index contributed by atoms with van der Waals surface area (Å²) in [5, 5.41) is 6.59. The average molecular weight is 338 g/mol. The number of carbonyl (C=O) groups is 1. The fourth-order valence-corrected chi connectivity index (χ4v) is 3.66. The molecule has 1 amide bonds. The van der Waals surface area contributed by atoms with E-state index >= 15 is 0 Å². The summed E-state index contributed by atoms with van der Waals surface area (Å²) in [6.07, 6.45) is 5.66. The minimum Gasteiger partial charge on any atom is -0.379 e. The van der Waals surface area contributed by atoms with E-state index in [1.165, 1.54) is 17.5 Å². The summed E-state index contributed by atoms with van der Waals surface area (Å²) >= 11 is 0. The third-order valence-corrected chi connectivity index (χ3v) is 5.02. The van der Waals surface area contributed by atoms with Gasteiger partial charge in [-0.25, -0.2) is 9.97 Å². The van der Waals surface area contributed by atoms with Crippen LogP contribution in [0.25, 0.3) is 0 Å². The lowest BCUT2D eigenvalue weighted by Gasteiger charge is -2.33. The molecule has 130 valence electrons. The van der Waals surface area contributed by atoms with Gasteiger partial charge in [-0.3, -0.25) is 4.79 Å². The second kappa shape index (κ2) is 7.19. The van der Waals surface area contributed by atoms with E-state index in [1.807, 2.05) is 18.2 Å². The molecule has 0 bridgehead atoms. The summed E-state index contributed by atoms with van der Waals surface area (Å²) < 4.78 is 5.59. The Balaban J connectivity index is 1.39. The minimum absolute atomic E-state index is 0.0105. The molecule has 2 aliphatic rings. The van der Waals surface area contributed by atoms with Gasteiger partial charge in [0, 0.05) is 18.7 Å². The van der Waals surface area contributed by atoms with Gasteiger partial charge in [0.1, 0.15) is 12.1 Å². The second-order valence-electron chi connectivity index (χ2n) is 6.70. The van der Waals surface area contributed by atoms with Crippen LogP contribution in [0.5, 0.6) is 0 Å². The van der Waals surface area contributed by atoms with Crippen LogP contribution in [0.2, 0.25) is 0 Å². The quantitative estimate of drug-likeness (QED) is 0.885. The number of carbonyl (C=O) groups excluding carboxylic acids is 1. The summed E-state index contributed by atoms with van der Waals surface area (Å²) in [7, 11) is 0. The number of amides is 1. The Morgan fingerprint density at radius 3 is 2.64 bits per heavy atom. The van der Waals surface area contributed by atoms with Crippen molar-refractivity contribution in [2.45, 2.75) is 31.3 Å². The van der Waals surface area contributed by atoms with E-state index < -0.39 is 0 Å². The van der Waals surface area contributed by atoms with Crippen LogP contribution >= 0.6 is 0 Å². The molecule has 1 aliphatic heterocycles. The molecule has 1 fully saturated rings. The molecule has 2 atom stereocenters. The predicted molar refractivity (Wildman–Crippen MR) is 94.1 cm³/mol. The van der Waals surface area contributed by atoms with Crippen molar-refractivity contribution in [1.82, 2.24) is 15.3 Å². The fraction of sp³-hybridized carbons (Fsp3) is 0.421. The van der Waals surface area contributed by atoms with E-state index in [4.69, 9.17) is 4.74 Å². The Hall–Kier alpha value is -2.47. The number of anilines is 1. The van der Waals surface area contributed by atoms with Crippen LogP contribution in [0, 0.1) is 5.92 Å². The van der Waals surface area contributed by atoms with E-state index in [0.717, 1.165) is 25.1 Å². The van der Waals surface area contributed by atoms with Crippen LogP contribution in [-0.2, 0) is 22.4 Å². The maximum Gasteiger partial charge on any atom is 0.224 e. The lowest BCUT2D eigenvalue weighted by molar-refractivity contribution is -0.126. The molecule has 0 spiro atoms. The summed E-state index contributed by atoms with van der Waals surface area (Å²) in [6, 6.07) is 10.2. The van der Waals surface area contributed by atoms with E-state index in [1.54, 1.807) is 6.20 Å². The van der Waals surface area contributed by atoms with Crippen molar-refractivity contribution < 1.29 is 9.53 Å². The van der Waals surface area contributed by atoms with Gasteiger partial charge in [-0.2, -0.15) is 0 Å². The van der Waals surface area contributed by atoms with Crippen molar-refractivity contribution >= 4 is 11.7 Å². The van der Waals surface area contributed by atoms with E-state index in [-0.39, 0.29) is 23.9 Å². The molecule has 1 aromatic carbocycles. The van der Waals surface area contributed by atoms with E-state index in [9.17, 15) is 4.79 Å². The lowest BCUT2D eigenvalue weighted by Crippen LogP contribution is -2.53. The second-order valence-corrected chi connectivity index (χ2v) is 6.70. The molecule has 0 radical (unpaired) electrons. The largest absolute Gasteiger partial charge is 0.379 e. The topological polar surface area (TPSA) is 76.1 Å². The fourth-order valence-electron chi connectivity index (χ4n) is 3.66. The van der Waals surface area contributed by atoms with Gasteiger partial charge in [-0.15, -0.1) is 0 Å². The number of benzene rings is 1. The molecule has 0 unspecified atom stereocenters. The molecule has 2 N–H and O–H groups in total. The first-order chi connectivity index (χ1) is 12.3. The summed E-state index contributed by atoms with van der Waals surface area (Å²) in [5.41, 5.74) is 2.59. The maximum absolute atomic E-state index is 12.8.